The van der Waals surface area contributed by atoms with Crippen molar-refractivity contribution in [1.29, 1.82) is 0 Å². The quantitative estimate of drug-likeness (QED) is 0.436. The fourth-order valence-electron chi connectivity index (χ4n) is 4.34. The number of carboxylic acids is 1. The topological polar surface area (TPSA) is 130 Å². The lowest BCUT2D eigenvalue weighted by atomic mass is 9.79. The maximum atomic E-state index is 15.0. The second-order valence-electron chi connectivity index (χ2n) is 7.84. The van der Waals surface area contributed by atoms with Crippen LogP contribution in [0.3, 0.4) is 0 Å². The van der Waals surface area contributed by atoms with E-state index < -0.39 is 23.6 Å². The number of nitrogens with two attached hydrogens (primary N) is 1. The first-order chi connectivity index (χ1) is 15.8. The summed E-state index contributed by atoms with van der Waals surface area (Å²) in [4.78, 5) is 37.4. The Bertz CT molecular complexity index is 1280. The molecule has 0 radical (unpaired) electrons. The van der Waals surface area contributed by atoms with Crippen LogP contribution in [0.15, 0.2) is 48.5 Å². The molecule has 0 heterocycles. The van der Waals surface area contributed by atoms with E-state index >= 15 is 0 Å². The van der Waals surface area contributed by atoms with Crippen molar-refractivity contribution in [2.45, 2.75) is 25.7 Å². The molecule has 1 aliphatic rings. The highest BCUT2D eigenvalue weighted by atomic mass is 19.1. The molecule has 2 amide bonds. The minimum Gasteiger partial charge on any atom is -0.508 e. The molecule has 4 rings (SSSR count). The summed E-state index contributed by atoms with van der Waals surface area (Å²) in [5.74, 6) is -3.48. The molecular formula is C25H21FN2O5. The molecule has 1 aliphatic carbocycles. The summed E-state index contributed by atoms with van der Waals surface area (Å²) in [5, 5.41) is 22.0. The number of carbonyl (C=O) groups excluding carboxylic acids is 2. The Morgan fingerprint density at radius 2 is 1.61 bits per heavy atom. The number of phenolic OH excluding ortho intramolecular Hbond substituents is 1. The Balaban J connectivity index is 1.96. The molecule has 33 heavy (non-hydrogen) atoms. The van der Waals surface area contributed by atoms with Crippen LogP contribution in [0, 0.1) is 5.82 Å². The lowest BCUT2D eigenvalue weighted by molar-refractivity contribution is 0.0690. The van der Waals surface area contributed by atoms with Gasteiger partial charge in [-0.3, -0.25) is 9.59 Å². The SMILES string of the molecule is NC(=O)c1cccc(F)c1-c1cc(C(=O)Nc2ccc(O)cc2)c(C(=O)O)c2c1CCCC2. The molecule has 7 nitrogen and oxygen atoms in total. The molecule has 0 atom stereocenters. The van der Waals surface area contributed by atoms with E-state index in [0.717, 1.165) is 12.8 Å². The van der Waals surface area contributed by atoms with Gasteiger partial charge in [-0.05, 0) is 84.8 Å². The lowest BCUT2D eigenvalue weighted by Gasteiger charge is -2.25. The number of carboxylic acid groups (broad SMARTS) is 1. The monoisotopic (exact) mass is 448 g/mol. The van der Waals surface area contributed by atoms with Crippen molar-refractivity contribution in [3.05, 3.63) is 82.2 Å². The zero-order valence-corrected chi connectivity index (χ0v) is 17.5. The Hall–Kier alpha value is -4.20. The highest BCUT2D eigenvalue weighted by molar-refractivity contribution is 6.13. The van der Waals surface area contributed by atoms with Gasteiger partial charge in [-0.25, -0.2) is 9.18 Å². The Labute approximate surface area is 188 Å². The van der Waals surface area contributed by atoms with Gasteiger partial charge in [0.1, 0.15) is 11.6 Å². The van der Waals surface area contributed by atoms with Gasteiger partial charge in [0, 0.05) is 16.8 Å². The molecule has 5 N–H and O–H groups in total. The van der Waals surface area contributed by atoms with E-state index in [2.05, 4.69) is 5.32 Å². The van der Waals surface area contributed by atoms with Crippen molar-refractivity contribution in [3.8, 4) is 16.9 Å². The van der Waals surface area contributed by atoms with Gasteiger partial charge in [0.25, 0.3) is 5.91 Å². The normalized spacial score (nSPS) is 12.6. The number of amides is 2. The van der Waals surface area contributed by atoms with Gasteiger partial charge in [-0.1, -0.05) is 6.07 Å². The first-order valence-corrected chi connectivity index (χ1v) is 10.4. The number of hydrogen-bond donors (Lipinski definition) is 4. The standard InChI is InChI=1S/C25H21FN2O5/c26-20-7-3-6-17(23(27)30)21(20)18-12-19(24(31)28-13-8-10-14(29)11-9-13)22(25(32)33)16-5-2-1-4-15(16)18/h3,6-12,29H,1-2,4-5H2,(H2,27,30)(H,28,31)(H,32,33). The van der Waals surface area contributed by atoms with E-state index in [1.807, 2.05) is 0 Å². The molecule has 0 saturated heterocycles. The Morgan fingerprint density at radius 1 is 0.939 bits per heavy atom. The third-order valence-corrected chi connectivity index (χ3v) is 5.78. The highest BCUT2D eigenvalue weighted by Crippen LogP contribution is 2.38. The van der Waals surface area contributed by atoms with Gasteiger partial charge in [0.15, 0.2) is 0 Å². The fraction of sp³-hybridized carbons (Fsp3) is 0.160. The van der Waals surface area contributed by atoms with Crippen LogP contribution in [-0.2, 0) is 12.8 Å². The average Bonchev–Trinajstić information content (AvgIpc) is 2.79. The summed E-state index contributed by atoms with van der Waals surface area (Å²) in [5.41, 5.74) is 6.81. The van der Waals surface area contributed by atoms with Gasteiger partial charge in [0.05, 0.1) is 11.1 Å². The third-order valence-electron chi connectivity index (χ3n) is 5.78. The van der Waals surface area contributed by atoms with Crippen LogP contribution < -0.4 is 11.1 Å². The van der Waals surface area contributed by atoms with Crippen LogP contribution in [0.2, 0.25) is 0 Å². The number of halogens is 1. The molecule has 0 unspecified atom stereocenters. The average molecular weight is 448 g/mol. The molecule has 3 aromatic carbocycles. The second kappa shape index (κ2) is 8.74. The fourth-order valence-corrected chi connectivity index (χ4v) is 4.34. The molecule has 0 bridgehead atoms. The number of fused-ring (bicyclic) bond motifs is 1. The van der Waals surface area contributed by atoms with E-state index in [-0.39, 0.29) is 33.6 Å². The van der Waals surface area contributed by atoms with Crippen molar-refractivity contribution >= 4 is 23.5 Å². The number of benzene rings is 3. The molecule has 0 fully saturated rings. The lowest BCUT2D eigenvalue weighted by Crippen LogP contribution is -2.22. The number of primary amides is 1. The van der Waals surface area contributed by atoms with Crippen LogP contribution in [-0.4, -0.2) is 28.0 Å². The van der Waals surface area contributed by atoms with E-state index in [0.29, 0.717) is 29.7 Å². The molecule has 8 heteroatoms. The van der Waals surface area contributed by atoms with E-state index in [9.17, 15) is 29.0 Å². The van der Waals surface area contributed by atoms with Crippen LogP contribution in [0.1, 0.15) is 55.0 Å². The number of anilines is 1. The molecule has 0 aromatic heterocycles. The second-order valence-corrected chi connectivity index (χ2v) is 7.84. The van der Waals surface area contributed by atoms with Crippen LogP contribution >= 0.6 is 0 Å². The van der Waals surface area contributed by atoms with Gasteiger partial charge in [0.2, 0.25) is 5.91 Å². The summed E-state index contributed by atoms with van der Waals surface area (Å²) < 4.78 is 15.0. The molecule has 3 aromatic rings. The first kappa shape index (κ1) is 22.0. The van der Waals surface area contributed by atoms with Crippen LogP contribution in [0.25, 0.3) is 11.1 Å². The molecular weight excluding hydrogens is 427 g/mol. The van der Waals surface area contributed by atoms with Crippen molar-refractivity contribution in [3.63, 3.8) is 0 Å². The predicted octanol–water partition coefficient (Wildman–Crippen LogP) is 4.13. The summed E-state index contributed by atoms with van der Waals surface area (Å²) >= 11 is 0. The Morgan fingerprint density at radius 3 is 2.24 bits per heavy atom. The zero-order valence-electron chi connectivity index (χ0n) is 17.5. The summed E-state index contributed by atoms with van der Waals surface area (Å²) in [6, 6.07) is 11.0. The number of nitrogens with one attached hydrogen (secondary N) is 1. The van der Waals surface area contributed by atoms with E-state index in [1.54, 1.807) is 0 Å². The Kier molecular flexibility index (Phi) is 5.83. The van der Waals surface area contributed by atoms with Gasteiger partial charge in [-0.2, -0.15) is 0 Å². The molecule has 0 aliphatic heterocycles. The number of aromatic hydroxyl groups is 1. The predicted molar refractivity (Wildman–Crippen MR) is 120 cm³/mol. The largest absolute Gasteiger partial charge is 0.508 e. The number of hydrogen-bond acceptors (Lipinski definition) is 4. The smallest absolute Gasteiger partial charge is 0.336 e. The number of aromatic carboxylic acids is 1. The summed E-state index contributed by atoms with van der Waals surface area (Å²) in [6.45, 7) is 0. The molecule has 0 spiro atoms. The maximum absolute atomic E-state index is 15.0. The highest BCUT2D eigenvalue weighted by Gasteiger charge is 2.30. The minimum atomic E-state index is -1.26. The van der Waals surface area contributed by atoms with Crippen LogP contribution in [0.5, 0.6) is 5.75 Å². The van der Waals surface area contributed by atoms with Crippen LogP contribution in [0.4, 0.5) is 10.1 Å². The van der Waals surface area contributed by atoms with Gasteiger partial charge in [-0.15, -0.1) is 0 Å². The summed E-state index contributed by atoms with van der Waals surface area (Å²) in [7, 11) is 0. The number of phenols is 1. The van der Waals surface area contributed by atoms with Crippen molar-refractivity contribution in [2.75, 3.05) is 5.32 Å². The zero-order chi connectivity index (χ0) is 23.7. The molecule has 0 saturated carbocycles. The maximum Gasteiger partial charge on any atom is 0.336 e. The third kappa shape index (κ3) is 4.15. The van der Waals surface area contributed by atoms with Crippen molar-refractivity contribution in [1.82, 2.24) is 0 Å². The van der Waals surface area contributed by atoms with E-state index in [1.165, 1.54) is 48.5 Å². The number of rotatable bonds is 5. The van der Waals surface area contributed by atoms with Gasteiger partial charge >= 0.3 is 5.97 Å². The van der Waals surface area contributed by atoms with Crippen molar-refractivity contribution < 1.29 is 29.0 Å². The molecule has 168 valence electrons. The summed E-state index contributed by atoms with van der Waals surface area (Å²) in [6.07, 6.45) is 2.37. The van der Waals surface area contributed by atoms with E-state index in [4.69, 9.17) is 5.73 Å². The number of carbonyl (C=O) groups is 3. The minimum absolute atomic E-state index is 0.00817. The first-order valence-electron chi connectivity index (χ1n) is 10.4. The van der Waals surface area contributed by atoms with Gasteiger partial charge < -0.3 is 21.3 Å². The van der Waals surface area contributed by atoms with Crippen molar-refractivity contribution in [2.24, 2.45) is 5.73 Å².